The molecule has 0 atom stereocenters. The van der Waals surface area contributed by atoms with E-state index in [0.29, 0.717) is 13.0 Å². The van der Waals surface area contributed by atoms with Crippen LogP contribution >= 0.6 is 22.9 Å². The Morgan fingerprint density at radius 1 is 1.37 bits per heavy atom. The predicted molar refractivity (Wildman–Crippen MR) is 75.9 cm³/mol. The normalized spacial score (nSPS) is 11.1. The van der Waals surface area contributed by atoms with Crippen LogP contribution in [0.15, 0.2) is 12.1 Å². The van der Waals surface area contributed by atoms with Gasteiger partial charge in [0.25, 0.3) is 0 Å². The summed E-state index contributed by atoms with van der Waals surface area (Å²) < 4.78 is 0.725. The Labute approximate surface area is 121 Å². The van der Waals surface area contributed by atoms with E-state index < -0.39 is 11.4 Å². The quantitative estimate of drug-likeness (QED) is 0.755. The summed E-state index contributed by atoms with van der Waals surface area (Å²) in [7, 11) is 0. The molecule has 0 spiro atoms. The van der Waals surface area contributed by atoms with E-state index in [0.717, 1.165) is 9.21 Å². The molecule has 19 heavy (non-hydrogen) atoms. The number of carbonyl (C=O) groups is 2. The van der Waals surface area contributed by atoms with E-state index in [4.69, 9.17) is 16.7 Å². The Morgan fingerprint density at radius 2 is 2.05 bits per heavy atom. The molecule has 3 N–H and O–H groups in total. The second-order valence-corrected chi connectivity index (χ2v) is 6.55. The minimum atomic E-state index is -0.974. The number of hydrogen-bond donors (Lipinski definition) is 3. The highest BCUT2D eigenvalue weighted by Gasteiger charge is 2.27. The van der Waals surface area contributed by atoms with Crippen LogP contribution in [0.1, 0.15) is 18.7 Å². The Balaban J connectivity index is 2.23. The van der Waals surface area contributed by atoms with Crippen molar-refractivity contribution >= 4 is 34.9 Å². The molecule has 0 unspecified atom stereocenters. The van der Waals surface area contributed by atoms with E-state index >= 15 is 0 Å². The fourth-order valence-electron chi connectivity index (χ4n) is 1.22. The molecule has 0 bridgehead atoms. The van der Waals surface area contributed by atoms with Crippen LogP contribution < -0.4 is 10.6 Å². The number of urea groups is 1. The minimum absolute atomic E-state index is 0.0823. The highest BCUT2D eigenvalue weighted by molar-refractivity contribution is 7.16. The zero-order valence-electron chi connectivity index (χ0n) is 10.8. The van der Waals surface area contributed by atoms with E-state index in [1.165, 1.54) is 11.3 Å². The summed E-state index contributed by atoms with van der Waals surface area (Å²) in [6, 6.07) is 3.37. The number of thiophene rings is 1. The molecule has 0 aromatic carbocycles. The van der Waals surface area contributed by atoms with Gasteiger partial charge in [0.05, 0.1) is 9.75 Å². The molecule has 5 nitrogen and oxygen atoms in total. The summed E-state index contributed by atoms with van der Waals surface area (Å²) in [6.07, 6.45) is 0.702. The fourth-order valence-corrected chi connectivity index (χ4v) is 2.31. The number of amides is 2. The number of aliphatic carboxylic acids is 1. The number of rotatable bonds is 6. The molecule has 2 amide bonds. The molecule has 0 radical (unpaired) electrons. The van der Waals surface area contributed by atoms with Gasteiger partial charge in [0.1, 0.15) is 0 Å². The molecule has 0 saturated heterocycles. The lowest BCUT2D eigenvalue weighted by molar-refractivity contribution is -0.146. The van der Waals surface area contributed by atoms with Crippen molar-refractivity contribution in [1.82, 2.24) is 10.6 Å². The molecule has 0 saturated carbocycles. The van der Waals surface area contributed by atoms with Crippen molar-refractivity contribution in [1.29, 1.82) is 0 Å². The molecule has 1 heterocycles. The molecule has 106 valence electrons. The van der Waals surface area contributed by atoms with Gasteiger partial charge in [-0.15, -0.1) is 11.3 Å². The third-order valence-corrected chi connectivity index (χ3v) is 3.85. The summed E-state index contributed by atoms with van der Waals surface area (Å²) >= 11 is 7.27. The van der Waals surface area contributed by atoms with Crippen LogP contribution in [-0.2, 0) is 11.2 Å². The average molecular weight is 305 g/mol. The molecule has 1 rings (SSSR count). The molecule has 0 aliphatic heterocycles. The lowest BCUT2D eigenvalue weighted by atomic mass is 9.94. The van der Waals surface area contributed by atoms with Crippen molar-refractivity contribution in [2.75, 3.05) is 13.1 Å². The zero-order chi connectivity index (χ0) is 14.5. The summed E-state index contributed by atoms with van der Waals surface area (Å²) in [6.45, 7) is 3.68. The summed E-state index contributed by atoms with van der Waals surface area (Å²) in [5, 5.41) is 14.1. The van der Waals surface area contributed by atoms with E-state index in [1.54, 1.807) is 13.8 Å². The van der Waals surface area contributed by atoms with Crippen LogP contribution in [0.5, 0.6) is 0 Å². The first-order chi connectivity index (χ1) is 8.81. The summed E-state index contributed by atoms with van der Waals surface area (Å²) in [5.74, 6) is -0.943. The molecule has 1 aromatic heterocycles. The molecular formula is C12H17ClN2O3S. The van der Waals surface area contributed by atoms with Crippen LogP contribution in [-0.4, -0.2) is 30.2 Å². The Morgan fingerprint density at radius 3 is 2.58 bits per heavy atom. The lowest BCUT2D eigenvalue weighted by Crippen LogP contribution is -2.43. The topological polar surface area (TPSA) is 78.4 Å². The monoisotopic (exact) mass is 304 g/mol. The van der Waals surface area contributed by atoms with E-state index in [2.05, 4.69) is 10.6 Å². The number of carboxylic acid groups (broad SMARTS) is 1. The molecule has 1 aromatic rings. The third-order valence-electron chi connectivity index (χ3n) is 2.56. The molecule has 0 aliphatic carbocycles. The first-order valence-corrected chi connectivity index (χ1v) is 7.00. The molecular weight excluding hydrogens is 288 g/mol. The van der Waals surface area contributed by atoms with Crippen LogP contribution in [0.2, 0.25) is 4.34 Å². The van der Waals surface area contributed by atoms with Crippen molar-refractivity contribution in [3.05, 3.63) is 21.3 Å². The van der Waals surface area contributed by atoms with Gasteiger partial charge >= 0.3 is 12.0 Å². The number of hydrogen-bond acceptors (Lipinski definition) is 3. The second kappa shape index (κ2) is 6.77. The third kappa shape index (κ3) is 5.48. The van der Waals surface area contributed by atoms with Crippen LogP contribution in [0.3, 0.4) is 0 Å². The number of nitrogens with one attached hydrogen (secondary N) is 2. The van der Waals surface area contributed by atoms with E-state index in [-0.39, 0.29) is 12.6 Å². The molecule has 0 fully saturated rings. The highest BCUT2D eigenvalue weighted by atomic mass is 35.5. The van der Waals surface area contributed by atoms with Crippen molar-refractivity contribution in [2.24, 2.45) is 5.41 Å². The largest absolute Gasteiger partial charge is 0.481 e. The van der Waals surface area contributed by atoms with Crippen LogP contribution in [0.25, 0.3) is 0 Å². The van der Waals surface area contributed by atoms with Gasteiger partial charge in [0, 0.05) is 18.0 Å². The van der Waals surface area contributed by atoms with Gasteiger partial charge in [-0.1, -0.05) is 11.6 Å². The Hall–Kier alpha value is -1.27. The standard InChI is InChI=1S/C12H17ClN2O3S/c1-12(2,10(16)17)7-15-11(18)14-6-5-8-3-4-9(13)19-8/h3-4H,5-7H2,1-2H3,(H,16,17)(H2,14,15,18). The average Bonchev–Trinajstić information content (AvgIpc) is 2.72. The van der Waals surface area contributed by atoms with Crippen LogP contribution in [0, 0.1) is 5.41 Å². The summed E-state index contributed by atoms with van der Waals surface area (Å²) in [4.78, 5) is 23.4. The van der Waals surface area contributed by atoms with Gasteiger partial charge < -0.3 is 15.7 Å². The van der Waals surface area contributed by atoms with Gasteiger partial charge in [0.15, 0.2) is 0 Å². The van der Waals surface area contributed by atoms with Gasteiger partial charge in [-0.2, -0.15) is 0 Å². The maximum atomic E-state index is 11.5. The fraction of sp³-hybridized carbons (Fsp3) is 0.500. The second-order valence-electron chi connectivity index (χ2n) is 4.75. The van der Waals surface area contributed by atoms with E-state index in [1.807, 2.05) is 12.1 Å². The van der Waals surface area contributed by atoms with Gasteiger partial charge in [-0.25, -0.2) is 4.79 Å². The van der Waals surface area contributed by atoms with E-state index in [9.17, 15) is 9.59 Å². The van der Waals surface area contributed by atoms with Crippen molar-refractivity contribution in [3.8, 4) is 0 Å². The summed E-state index contributed by atoms with van der Waals surface area (Å²) in [5.41, 5.74) is -0.974. The Bertz CT molecular complexity index is 460. The van der Waals surface area contributed by atoms with Crippen LogP contribution in [0.4, 0.5) is 4.79 Å². The minimum Gasteiger partial charge on any atom is -0.481 e. The number of carbonyl (C=O) groups excluding carboxylic acids is 1. The lowest BCUT2D eigenvalue weighted by Gasteiger charge is -2.19. The maximum absolute atomic E-state index is 11.5. The van der Waals surface area contributed by atoms with Crippen molar-refractivity contribution in [2.45, 2.75) is 20.3 Å². The predicted octanol–water partition coefficient (Wildman–Crippen LogP) is 2.35. The first kappa shape index (κ1) is 15.8. The molecule has 7 heteroatoms. The van der Waals surface area contributed by atoms with Gasteiger partial charge in [-0.05, 0) is 32.4 Å². The SMILES string of the molecule is CC(C)(CNC(=O)NCCc1ccc(Cl)s1)C(=O)O. The first-order valence-electron chi connectivity index (χ1n) is 5.80. The van der Waals surface area contributed by atoms with Crippen molar-refractivity contribution < 1.29 is 14.7 Å². The highest BCUT2D eigenvalue weighted by Crippen LogP contribution is 2.21. The molecule has 0 aliphatic rings. The van der Waals surface area contributed by atoms with Gasteiger partial charge in [-0.3, -0.25) is 4.79 Å². The number of halogens is 1. The van der Waals surface area contributed by atoms with Gasteiger partial charge in [0.2, 0.25) is 0 Å². The van der Waals surface area contributed by atoms with Crippen molar-refractivity contribution in [3.63, 3.8) is 0 Å². The zero-order valence-corrected chi connectivity index (χ0v) is 12.4. The smallest absolute Gasteiger partial charge is 0.314 e. The maximum Gasteiger partial charge on any atom is 0.314 e. The Kier molecular flexibility index (Phi) is 5.62. The number of carboxylic acids is 1.